The van der Waals surface area contributed by atoms with Crippen molar-refractivity contribution in [1.82, 2.24) is 9.88 Å². The van der Waals surface area contributed by atoms with Crippen LogP contribution in [-0.2, 0) is 20.8 Å². The summed E-state index contributed by atoms with van der Waals surface area (Å²) < 4.78 is 17.7. The molecule has 0 radical (unpaired) electrons. The fourth-order valence-corrected chi connectivity index (χ4v) is 4.04. The minimum absolute atomic E-state index is 0.0411. The molecule has 0 N–H and O–H groups in total. The summed E-state index contributed by atoms with van der Waals surface area (Å²) in [6.07, 6.45) is 8.32. The summed E-state index contributed by atoms with van der Waals surface area (Å²) in [7, 11) is 0. The first kappa shape index (κ1) is 15.5. The highest BCUT2D eigenvalue weighted by Crippen LogP contribution is 2.38. The van der Waals surface area contributed by atoms with E-state index in [1.807, 2.05) is 24.5 Å². The molecule has 0 aromatic carbocycles. The normalized spacial score (nSPS) is 28.6. The number of nitrogens with zero attached hydrogens (tertiary/aromatic N) is 2. The summed E-state index contributed by atoms with van der Waals surface area (Å²) in [6.45, 7) is 5.44. The van der Waals surface area contributed by atoms with E-state index in [0.29, 0.717) is 18.8 Å². The third kappa shape index (κ3) is 3.58. The lowest BCUT2D eigenvalue weighted by Gasteiger charge is -2.56. The molecule has 0 saturated carbocycles. The van der Waals surface area contributed by atoms with E-state index in [2.05, 4.69) is 9.88 Å². The molecule has 1 aromatic heterocycles. The Labute approximate surface area is 137 Å². The van der Waals surface area contributed by atoms with Crippen molar-refractivity contribution < 1.29 is 14.2 Å². The fraction of sp³-hybridized carbons (Fsp3) is 0.722. The lowest BCUT2D eigenvalue weighted by atomic mass is 9.82. The Bertz CT molecular complexity index is 498. The predicted molar refractivity (Wildman–Crippen MR) is 86.1 cm³/mol. The third-order valence-corrected chi connectivity index (χ3v) is 5.37. The van der Waals surface area contributed by atoms with Gasteiger partial charge in [-0.25, -0.2) is 0 Å². The van der Waals surface area contributed by atoms with Crippen LogP contribution in [0.4, 0.5) is 0 Å². The molecular weight excluding hydrogens is 292 g/mol. The van der Waals surface area contributed by atoms with Crippen LogP contribution in [0.3, 0.4) is 0 Å². The Morgan fingerprint density at radius 3 is 2.70 bits per heavy atom. The van der Waals surface area contributed by atoms with Crippen molar-refractivity contribution in [3.05, 3.63) is 30.1 Å². The number of hydrogen-bond donors (Lipinski definition) is 0. The molecule has 4 heterocycles. The Hall–Kier alpha value is -1.01. The summed E-state index contributed by atoms with van der Waals surface area (Å²) in [5.41, 5.74) is 1.23. The van der Waals surface area contributed by atoms with Gasteiger partial charge in [0.25, 0.3) is 0 Å². The Morgan fingerprint density at radius 1 is 1.13 bits per heavy atom. The van der Waals surface area contributed by atoms with E-state index in [-0.39, 0.29) is 5.60 Å². The number of ether oxygens (including phenoxy) is 3. The van der Waals surface area contributed by atoms with E-state index in [9.17, 15) is 0 Å². The second-order valence-electron chi connectivity index (χ2n) is 7.06. The summed E-state index contributed by atoms with van der Waals surface area (Å²) in [5.74, 6) is 0. The summed E-state index contributed by atoms with van der Waals surface area (Å²) >= 11 is 0. The number of hydrogen-bond acceptors (Lipinski definition) is 5. The summed E-state index contributed by atoms with van der Waals surface area (Å²) in [5, 5.41) is 0. The van der Waals surface area contributed by atoms with Crippen molar-refractivity contribution in [3.8, 4) is 0 Å². The van der Waals surface area contributed by atoms with E-state index in [1.54, 1.807) is 0 Å². The number of aromatic nitrogens is 1. The van der Waals surface area contributed by atoms with Crippen LogP contribution in [0.25, 0.3) is 0 Å². The predicted octanol–water partition coefficient (Wildman–Crippen LogP) is 2.01. The van der Waals surface area contributed by atoms with Crippen molar-refractivity contribution in [1.29, 1.82) is 0 Å². The van der Waals surface area contributed by atoms with Crippen molar-refractivity contribution in [3.63, 3.8) is 0 Å². The highest BCUT2D eigenvalue weighted by molar-refractivity contribution is 5.08. The van der Waals surface area contributed by atoms with E-state index in [1.165, 1.54) is 5.56 Å². The zero-order valence-electron chi connectivity index (χ0n) is 13.7. The van der Waals surface area contributed by atoms with E-state index in [4.69, 9.17) is 14.2 Å². The molecule has 3 saturated heterocycles. The highest BCUT2D eigenvalue weighted by atomic mass is 16.5. The first-order valence-electron chi connectivity index (χ1n) is 8.79. The maximum absolute atomic E-state index is 6.14. The quantitative estimate of drug-likeness (QED) is 0.850. The van der Waals surface area contributed by atoms with Crippen LogP contribution in [0.1, 0.15) is 31.2 Å². The van der Waals surface area contributed by atoms with Crippen LogP contribution in [-0.4, -0.2) is 60.5 Å². The van der Waals surface area contributed by atoms with E-state index in [0.717, 1.165) is 58.6 Å². The minimum atomic E-state index is 0.0411. The summed E-state index contributed by atoms with van der Waals surface area (Å²) in [6, 6.07) is 4.73. The average Bonchev–Trinajstić information content (AvgIpc) is 2.60. The van der Waals surface area contributed by atoms with Crippen LogP contribution in [0, 0.1) is 0 Å². The van der Waals surface area contributed by atoms with Gasteiger partial charge >= 0.3 is 0 Å². The van der Waals surface area contributed by atoms with Crippen LogP contribution in [0.5, 0.6) is 0 Å². The first-order chi connectivity index (χ1) is 11.3. The molecule has 0 aliphatic carbocycles. The van der Waals surface area contributed by atoms with E-state index >= 15 is 0 Å². The minimum Gasteiger partial charge on any atom is -0.381 e. The molecule has 3 fully saturated rings. The van der Waals surface area contributed by atoms with Gasteiger partial charge in [-0.05, 0) is 37.0 Å². The van der Waals surface area contributed by atoms with Crippen molar-refractivity contribution >= 4 is 0 Å². The maximum Gasteiger partial charge on any atom is 0.0959 e. The molecule has 4 rings (SSSR count). The molecule has 126 valence electrons. The van der Waals surface area contributed by atoms with Gasteiger partial charge in [0.15, 0.2) is 0 Å². The molecule has 5 nitrogen and oxygen atoms in total. The molecule has 1 atom stereocenters. The number of pyridine rings is 1. The van der Waals surface area contributed by atoms with Crippen molar-refractivity contribution in [2.75, 3.05) is 32.9 Å². The van der Waals surface area contributed by atoms with Crippen LogP contribution in [0.15, 0.2) is 24.5 Å². The van der Waals surface area contributed by atoms with Gasteiger partial charge in [0.05, 0.1) is 18.3 Å². The smallest absolute Gasteiger partial charge is 0.0959 e. The number of rotatable bonds is 4. The topological polar surface area (TPSA) is 43.8 Å². The van der Waals surface area contributed by atoms with Gasteiger partial charge in [-0.15, -0.1) is 0 Å². The van der Waals surface area contributed by atoms with Crippen LogP contribution < -0.4 is 0 Å². The zero-order valence-corrected chi connectivity index (χ0v) is 13.7. The van der Waals surface area contributed by atoms with Gasteiger partial charge in [0.2, 0.25) is 0 Å². The Balaban J connectivity index is 1.26. The number of likely N-dealkylation sites (tertiary alicyclic amines) is 1. The van der Waals surface area contributed by atoms with Crippen LogP contribution >= 0.6 is 0 Å². The molecular formula is C18H26N2O3. The molecule has 0 bridgehead atoms. The van der Waals surface area contributed by atoms with Gasteiger partial charge < -0.3 is 14.2 Å². The molecule has 0 unspecified atom stereocenters. The van der Waals surface area contributed by atoms with Gasteiger partial charge in [0.1, 0.15) is 0 Å². The molecule has 23 heavy (non-hydrogen) atoms. The van der Waals surface area contributed by atoms with Crippen LogP contribution in [0.2, 0.25) is 0 Å². The maximum atomic E-state index is 6.14. The molecule has 3 aliphatic heterocycles. The lowest BCUT2D eigenvalue weighted by Crippen LogP contribution is -2.68. The van der Waals surface area contributed by atoms with Gasteiger partial charge in [-0.1, -0.05) is 0 Å². The average molecular weight is 318 g/mol. The van der Waals surface area contributed by atoms with Gasteiger partial charge in [-0.2, -0.15) is 0 Å². The molecule has 3 aliphatic rings. The monoisotopic (exact) mass is 318 g/mol. The molecule has 0 amide bonds. The molecule has 1 aromatic rings. The van der Waals surface area contributed by atoms with E-state index < -0.39 is 0 Å². The third-order valence-electron chi connectivity index (χ3n) is 5.37. The highest BCUT2D eigenvalue weighted by Gasteiger charge is 2.49. The first-order valence-corrected chi connectivity index (χ1v) is 8.79. The lowest BCUT2D eigenvalue weighted by molar-refractivity contribution is -0.210. The SMILES string of the molecule is c1cc(CO[C@H]2CCOC3(C2)CN(C2CCOCC2)C3)ccn1. The second-order valence-corrected chi connectivity index (χ2v) is 7.06. The Kier molecular flexibility index (Phi) is 4.62. The summed E-state index contributed by atoms with van der Waals surface area (Å²) in [4.78, 5) is 6.63. The van der Waals surface area contributed by atoms with Gasteiger partial charge in [-0.3, -0.25) is 9.88 Å². The molecule has 5 heteroatoms. The molecule has 1 spiro atoms. The fourth-order valence-electron chi connectivity index (χ4n) is 4.04. The largest absolute Gasteiger partial charge is 0.381 e. The van der Waals surface area contributed by atoms with Gasteiger partial charge in [0, 0.05) is 57.8 Å². The van der Waals surface area contributed by atoms with Crippen molar-refractivity contribution in [2.24, 2.45) is 0 Å². The zero-order chi connectivity index (χ0) is 15.5. The Morgan fingerprint density at radius 2 is 1.91 bits per heavy atom. The second kappa shape index (κ2) is 6.85. The van der Waals surface area contributed by atoms with Crippen molar-refractivity contribution in [2.45, 2.75) is 50.0 Å². The standard InChI is InChI=1S/C18H26N2O3/c1-6-19-7-2-15(1)12-22-17-5-10-23-18(11-17)13-20(14-18)16-3-8-21-9-4-16/h1-2,6-7,16-17H,3-5,8-14H2/t17-/m0/s1.